The van der Waals surface area contributed by atoms with E-state index in [1.165, 1.54) is 24.3 Å². The summed E-state index contributed by atoms with van der Waals surface area (Å²) >= 11 is 3.11. The van der Waals surface area contributed by atoms with Gasteiger partial charge in [-0.1, -0.05) is 15.9 Å². The first-order valence-electron chi connectivity index (χ1n) is 5.10. The zero-order valence-electron chi connectivity index (χ0n) is 9.43. The lowest BCUT2D eigenvalue weighted by molar-refractivity contribution is 0.0689. The average molecular weight is 327 g/mol. The Balaban J connectivity index is 2.37. The number of halogens is 2. The van der Waals surface area contributed by atoms with Crippen LogP contribution in [0.15, 0.2) is 34.8 Å². The number of aromatic carboxylic acids is 1. The SMILES string of the molecule is Nc1ccc(C(=O)O)nc1Oc1ccc(Br)cc1F. The molecule has 0 fully saturated rings. The van der Waals surface area contributed by atoms with E-state index in [-0.39, 0.29) is 23.0 Å². The molecule has 0 radical (unpaired) electrons. The van der Waals surface area contributed by atoms with Crippen LogP contribution < -0.4 is 10.5 Å². The lowest BCUT2D eigenvalue weighted by atomic mass is 10.3. The summed E-state index contributed by atoms with van der Waals surface area (Å²) in [7, 11) is 0. The number of hydrogen-bond acceptors (Lipinski definition) is 4. The highest BCUT2D eigenvalue weighted by Crippen LogP contribution is 2.29. The molecule has 0 aliphatic carbocycles. The van der Waals surface area contributed by atoms with Crippen molar-refractivity contribution in [3.05, 3.63) is 46.3 Å². The van der Waals surface area contributed by atoms with E-state index in [0.29, 0.717) is 4.47 Å². The quantitative estimate of drug-likeness (QED) is 0.905. The summed E-state index contributed by atoms with van der Waals surface area (Å²) in [5.41, 5.74) is 5.49. The van der Waals surface area contributed by atoms with Crippen molar-refractivity contribution in [3.8, 4) is 11.6 Å². The summed E-state index contributed by atoms with van der Waals surface area (Å²) in [5.74, 6) is -2.08. The second-order valence-electron chi connectivity index (χ2n) is 3.57. The maximum atomic E-state index is 13.6. The summed E-state index contributed by atoms with van der Waals surface area (Å²) in [6.45, 7) is 0. The minimum Gasteiger partial charge on any atom is -0.477 e. The molecule has 0 aliphatic rings. The molecule has 19 heavy (non-hydrogen) atoms. The van der Waals surface area contributed by atoms with Crippen molar-refractivity contribution in [1.82, 2.24) is 4.98 Å². The second kappa shape index (κ2) is 5.23. The zero-order chi connectivity index (χ0) is 14.0. The predicted molar refractivity (Wildman–Crippen MR) is 69.8 cm³/mol. The van der Waals surface area contributed by atoms with Crippen molar-refractivity contribution < 1.29 is 19.0 Å². The third-order valence-corrected chi connectivity index (χ3v) is 2.70. The van der Waals surface area contributed by atoms with Gasteiger partial charge in [-0.05, 0) is 30.3 Å². The molecule has 0 unspecified atom stereocenters. The molecule has 0 saturated heterocycles. The molecular weight excluding hydrogens is 319 g/mol. The van der Waals surface area contributed by atoms with Gasteiger partial charge in [0, 0.05) is 4.47 Å². The monoisotopic (exact) mass is 326 g/mol. The first-order valence-corrected chi connectivity index (χ1v) is 5.89. The fraction of sp³-hybridized carbons (Fsp3) is 0. The van der Waals surface area contributed by atoms with Gasteiger partial charge < -0.3 is 15.6 Å². The molecule has 0 spiro atoms. The number of aromatic nitrogens is 1. The van der Waals surface area contributed by atoms with E-state index in [1.54, 1.807) is 6.07 Å². The molecule has 1 heterocycles. The molecule has 0 bridgehead atoms. The summed E-state index contributed by atoms with van der Waals surface area (Å²) in [6, 6.07) is 6.75. The first kappa shape index (κ1) is 13.3. The smallest absolute Gasteiger partial charge is 0.354 e. The van der Waals surface area contributed by atoms with E-state index in [2.05, 4.69) is 20.9 Å². The van der Waals surface area contributed by atoms with Crippen molar-refractivity contribution in [2.24, 2.45) is 0 Å². The van der Waals surface area contributed by atoms with Crippen LogP contribution in [0.3, 0.4) is 0 Å². The van der Waals surface area contributed by atoms with Crippen LogP contribution in [0.4, 0.5) is 10.1 Å². The Morgan fingerprint density at radius 2 is 2.11 bits per heavy atom. The number of ether oxygens (including phenoxy) is 1. The summed E-state index contributed by atoms with van der Waals surface area (Å²) in [5, 5.41) is 8.82. The maximum Gasteiger partial charge on any atom is 0.354 e. The van der Waals surface area contributed by atoms with Crippen molar-refractivity contribution in [2.45, 2.75) is 0 Å². The summed E-state index contributed by atoms with van der Waals surface area (Å²) < 4.78 is 19.3. The van der Waals surface area contributed by atoms with E-state index in [0.717, 1.165) is 0 Å². The molecule has 7 heteroatoms. The lowest BCUT2D eigenvalue weighted by Crippen LogP contribution is -2.04. The van der Waals surface area contributed by atoms with E-state index in [9.17, 15) is 9.18 Å². The molecule has 1 aromatic heterocycles. The number of nitrogens with two attached hydrogens (primary N) is 1. The number of nitrogens with zero attached hydrogens (tertiary/aromatic N) is 1. The Morgan fingerprint density at radius 1 is 1.37 bits per heavy atom. The Labute approximate surface area is 116 Å². The minimum absolute atomic E-state index is 0.0926. The van der Waals surface area contributed by atoms with Gasteiger partial charge in [0.05, 0.1) is 5.69 Å². The van der Waals surface area contributed by atoms with Gasteiger partial charge in [0.1, 0.15) is 0 Å². The van der Waals surface area contributed by atoms with E-state index in [1.807, 2.05) is 0 Å². The van der Waals surface area contributed by atoms with Gasteiger partial charge in [0.15, 0.2) is 17.3 Å². The summed E-state index contributed by atoms with van der Waals surface area (Å²) in [4.78, 5) is 14.5. The van der Waals surface area contributed by atoms with E-state index >= 15 is 0 Å². The largest absolute Gasteiger partial charge is 0.477 e. The fourth-order valence-electron chi connectivity index (χ4n) is 1.31. The topological polar surface area (TPSA) is 85.4 Å². The Morgan fingerprint density at radius 3 is 2.74 bits per heavy atom. The van der Waals surface area contributed by atoms with Crippen LogP contribution in [-0.4, -0.2) is 16.1 Å². The van der Waals surface area contributed by atoms with Crippen LogP contribution in [0.5, 0.6) is 11.6 Å². The Kier molecular flexibility index (Phi) is 3.66. The third kappa shape index (κ3) is 3.00. The van der Waals surface area contributed by atoms with Crippen molar-refractivity contribution in [2.75, 3.05) is 5.73 Å². The van der Waals surface area contributed by atoms with Crippen LogP contribution in [0.1, 0.15) is 10.5 Å². The lowest BCUT2D eigenvalue weighted by Gasteiger charge is -2.08. The van der Waals surface area contributed by atoms with Crippen LogP contribution in [-0.2, 0) is 0 Å². The number of carboxylic acid groups (broad SMARTS) is 1. The molecule has 0 aliphatic heterocycles. The highest BCUT2D eigenvalue weighted by atomic mass is 79.9. The molecule has 98 valence electrons. The number of anilines is 1. The molecule has 2 rings (SSSR count). The van der Waals surface area contributed by atoms with Crippen LogP contribution in [0.25, 0.3) is 0 Å². The normalized spacial score (nSPS) is 10.2. The Hall–Kier alpha value is -2.15. The predicted octanol–water partition coefficient (Wildman–Crippen LogP) is 3.06. The standard InChI is InChI=1S/C12H8BrFN2O3/c13-6-1-4-10(7(14)5-6)19-11-8(15)2-3-9(16-11)12(17)18/h1-5H,15H2,(H,17,18). The highest BCUT2D eigenvalue weighted by Gasteiger charge is 2.12. The van der Waals surface area contributed by atoms with Crippen molar-refractivity contribution >= 4 is 27.6 Å². The van der Waals surface area contributed by atoms with Crippen molar-refractivity contribution in [1.29, 1.82) is 0 Å². The van der Waals surface area contributed by atoms with Gasteiger partial charge in [-0.2, -0.15) is 0 Å². The van der Waals surface area contributed by atoms with Gasteiger partial charge in [0.25, 0.3) is 0 Å². The van der Waals surface area contributed by atoms with Gasteiger partial charge in [-0.25, -0.2) is 14.2 Å². The van der Waals surface area contributed by atoms with E-state index < -0.39 is 11.8 Å². The zero-order valence-corrected chi connectivity index (χ0v) is 11.0. The number of carboxylic acids is 1. The van der Waals surface area contributed by atoms with Crippen molar-refractivity contribution in [3.63, 3.8) is 0 Å². The van der Waals surface area contributed by atoms with E-state index in [4.69, 9.17) is 15.6 Å². The molecule has 3 N–H and O–H groups in total. The molecule has 5 nitrogen and oxygen atoms in total. The van der Waals surface area contributed by atoms with Gasteiger partial charge in [-0.3, -0.25) is 0 Å². The number of rotatable bonds is 3. The van der Waals surface area contributed by atoms with Crippen LogP contribution >= 0.6 is 15.9 Å². The number of carbonyl (C=O) groups is 1. The fourth-order valence-corrected chi connectivity index (χ4v) is 1.65. The molecule has 1 aromatic carbocycles. The van der Waals surface area contributed by atoms with Crippen LogP contribution in [0.2, 0.25) is 0 Å². The van der Waals surface area contributed by atoms with Gasteiger partial charge in [0.2, 0.25) is 5.88 Å². The average Bonchev–Trinajstić information content (AvgIpc) is 2.34. The first-order chi connectivity index (χ1) is 8.97. The van der Waals surface area contributed by atoms with Crippen LogP contribution in [0, 0.1) is 5.82 Å². The molecule has 0 atom stereocenters. The number of nitrogen functional groups attached to an aromatic ring is 1. The second-order valence-corrected chi connectivity index (χ2v) is 4.49. The molecular formula is C12H8BrFN2O3. The molecule has 0 amide bonds. The van der Waals surface area contributed by atoms with Gasteiger partial charge in [-0.15, -0.1) is 0 Å². The maximum absolute atomic E-state index is 13.6. The number of benzene rings is 1. The Bertz CT molecular complexity index is 649. The number of pyridine rings is 1. The number of hydrogen-bond donors (Lipinski definition) is 2. The molecule has 0 saturated carbocycles. The summed E-state index contributed by atoms with van der Waals surface area (Å²) in [6.07, 6.45) is 0. The third-order valence-electron chi connectivity index (χ3n) is 2.21. The highest BCUT2D eigenvalue weighted by molar-refractivity contribution is 9.10. The molecule has 2 aromatic rings. The minimum atomic E-state index is -1.22. The van der Waals surface area contributed by atoms with Gasteiger partial charge >= 0.3 is 5.97 Å².